The van der Waals surface area contributed by atoms with Crippen molar-refractivity contribution < 1.29 is 4.42 Å². The van der Waals surface area contributed by atoms with E-state index in [4.69, 9.17) is 4.42 Å². The molecular formula is C21H27N5OS. The first kappa shape index (κ1) is 20.1. The van der Waals surface area contributed by atoms with E-state index in [2.05, 4.69) is 57.0 Å². The van der Waals surface area contributed by atoms with Crippen molar-refractivity contribution in [2.75, 3.05) is 13.1 Å². The summed E-state index contributed by atoms with van der Waals surface area (Å²) in [7, 11) is 0. The Kier molecular flexibility index (Phi) is 7.19. The fourth-order valence-corrected chi connectivity index (χ4v) is 3.49. The lowest BCUT2D eigenvalue weighted by atomic mass is 10.1. The normalized spacial score (nSPS) is 11.6. The average molecular weight is 398 g/mol. The molecule has 28 heavy (non-hydrogen) atoms. The number of aliphatic imine (C=N–C) groups is 1. The van der Waals surface area contributed by atoms with Crippen LogP contribution in [0, 0.1) is 13.8 Å². The molecule has 3 rings (SSSR count). The van der Waals surface area contributed by atoms with Gasteiger partial charge in [-0.3, -0.25) is 0 Å². The van der Waals surface area contributed by atoms with Crippen LogP contribution in [-0.2, 0) is 13.0 Å². The van der Waals surface area contributed by atoms with E-state index in [1.807, 2.05) is 19.1 Å². The number of oxazole rings is 1. The summed E-state index contributed by atoms with van der Waals surface area (Å²) in [6, 6.07) is 8.14. The molecule has 0 aliphatic heterocycles. The monoisotopic (exact) mass is 397 g/mol. The highest BCUT2D eigenvalue weighted by molar-refractivity contribution is 7.09. The predicted molar refractivity (Wildman–Crippen MR) is 115 cm³/mol. The van der Waals surface area contributed by atoms with Gasteiger partial charge in [0.05, 0.1) is 11.6 Å². The molecule has 148 valence electrons. The fourth-order valence-electron chi connectivity index (χ4n) is 2.67. The summed E-state index contributed by atoms with van der Waals surface area (Å²) in [5, 5.41) is 9.92. The van der Waals surface area contributed by atoms with Crippen molar-refractivity contribution in [2.24, 2.45) is 4.99 Å². The first-order valence-corrected chi connectivity index (χ1v) is 10.5. The zero-order valence-electron chi connectivity index (χ0n) is 16.7. The zero-order valence-corrected chi connectivity index (χ0v) is 17.5. The molecule has 0 saturated carbocycles. The lowest BCUT2D eigenvalue weighted by Crippen LogP contribution is -2.37. The Hall–Kier alpha value is -2.67. The number of nitrogens with zero attached hydrogens (tertiary/aromatic N) is 3. The van der Waals surface area contributed by atoms with E-state index < -0.39 is 0 Å². The summed E-state index contributed by atoms with van der Waals surface area (Å²) in [5.74, 6) is 1.42. The van der Waals surface area contributed by atoms with Crippen molar-refractivity contribution in [3.05, 3.63) is 57.9 Å². The van der Waals surface area contributed by atoms with E-state index in [1.54, 1.807) is 17.6 Å². The van der Waals surface area contributed by atoms with Gasteiger partial charge in [-0.15, -0.1) is 11.3 Å². The summed E-state index contributed by atoms with van der Waals surface area (Å²) in [6.45, 7) is 8.27. The van der Waals surface area contributed by atoms with Gasteiger partial charge in [-0.1, -0.05) is 17.7 Å². The molecule has 0 spiro atoms. The van der Waals surface area contributed by atoms with Crippen LogP contribution in [0.1, 0.15) is 35.3 Å². The Morgan fingerprint density at radius 2 is 1.96 bits per heavy atom. The van der Waals surface area contributed by atoms with E-state index in [9.17, 15) is 0 Å². The number of aryl methyl sites for hydroxylation is 3. The molecular weight excluding hydrogens is 370 g/mol. The molecule has 0 atom stereocenters. The van der Waals surface area contributed by atoms with Gasteiger partial charge in [-0.25, -0.2) is 15.0 Å². The number of hydrogen-bond acceptors (Lipinski definition) is 5. The Morgan fingerprint density at radius 1 is 1.14 bits per heavy atom. The van der Waals surface area contributed by atoms with E-state index >= 15 is 0 Å². The first-order valence-electron chi connectivity index (χ1n) is 9.58. The highest BCUT2D eigenvalue weighted by atomic mass is 32.1. The minimum absolute atomic E-state index is 0.469. The topological polar surface area (TPSA) is 75.3 Å². The molecule has 1 aromatic carbocycles. The van der Waals surface area contributed by atoms with Gasteiger partial charge in [-0.05, 0) is 39.3 Å². The molecule has 3 aromatic rings. The Bertz CT molecular complexity index is 898. The number of aromatic nitrogens is 2. The predicted octanol–water partition coefficient (Wildman–Crippen LogP) is 4.10. The maximum absolute atomic E-state index is 5.61. The van der Waals surface area contributed by atoms with Crippen molar-refractivity contribution in [1.29, 1.82) is 0 Å². The van der Waals surface area contributed by atoms with Gasteiger partial charge in [-0.2, -0.15) is 0 Å². The van der Waals surface area contributed by atoms with Gasteiger partial charge in [0.2, 0.25) is 5.89 Å². The second-order valence-corrected chi connectivity index (χ2v) is 7.56. The first-order chi connectivity index (χ1) is 13.6. The summed E-state index contributed by atoms with van der Waals surface area (Å²) in [4.78, 5) is 13.7. The summed E-state index contributed by atoms with van der Waals surface area (Å²) in [6.07, 6.45) is 3.67. The fraction of sp³-hybridized carbons (Fsp3) is 0.381. The Morgan fingerprint density at radius 3 is 2.68 bits per heavy atom. The van der Waals surface area contributed by atoms with Crippen LogP contribution in [0.2, 0.25) is 0 Å². The van der Waals surface area contributed by atoms with Crippen molar-refractivity contribution >= 4 is 17.3 Å². The average Bonchev–Trinajstić information content (AvgIpc) is 3.33. The lowest BCUT2D eigenvalue weighted by molar-refractivity contribution is 0.572. The Labute approximate surface area is 170 Å². The highest BCUT2D eigenvalue weighted by Crippen LogP contribution is 2.19. The van der Waals surface area contributed by atoms with E-state index in [1.165, 1.54) is 10.6 Å². The lowest BCUT2D eigenvalue weighted by Gasteiger charge is -2.10. The van der Waals surface area contributed by atoms with Gasteiger partial charge >= 0.3 is 0 Å². The molecule has 2 N–H and O–H groups in total. The minimum atomic E-state index is 0.469. The van der Waals surface area contributed by atoms with Crippen LogP contribution in [0.3, 0.4) is 0 Å². The van der Waals surface area contributed by atoms with Crippen molar-refractivity contribution in [3.63, 3.8) is 0 Å². The quantitative estimate of drug-likeness (QED) is 0.340. The van der Waals surface area contributed by atoms with Crippen LogP contribution >= 0.6 is 11.3 Å². The standard InChI is InChI=1S/C21H27N5OS/c1-4-22-21(23-11-5-6-19-25-16(3)14-28-19)24-12-18-13-27-20(26-18)17-9-7-15(2)8-10-17/h7-10,13-14H,4-6,11-12H2,1-3H3,(H2,22,23,24). The summed E-state index contributed by atoms with van der Waals surface area (Å²) >= 11 is 1.72. The van der Waals surface area contributed by atoms with Crippen LogP contribution in [0.15, 0.2) is 45.3 Å². The summed E-state index contributed by atoms with van der Waals surface area (Å²) in [5.41, 5.74) is 4.10. The van der Waals surface area contributed by atoms with E-state index in [0.717, 1.165) is 48.8 Å². The molecule has 0 amide bonds. The van der Waals surface area contributed by atoms with Crippen LogP contribution in [-0.4, -0.2) is 29.0 Å². The molecule has 0 unspecified atom stereocenters. The maximum Gasteiger partial charge on any atom is 0.226 e. The van der Waals surface area contributed by atoms with Crippen LogP contribution in [0.4, 0.5) is 0 Å². The van der Waals surface area contributed by atoms with Crippen LogP contribution in [0.5, 0.6) is 0 Å². The number of guanidine groups is 1. The smallest absolute Gasteiger partial charge is 0.226 e. The minimum Gasteiger partial charge on any atom is -0.444 e. The van der Waals surface area contributed by atoms with E-state index in [-0.39, 0.29) is 0 Å². The van der Waals surface area contributed by atoms with Crippen molar-refractivity contribution in [2.45, 2.75) is 40.2 Å². The molecule has 0 radical (unpaired) electrons. The third-order valence-corrected chi connectivity index (χ3v) is 5.15. The maximum atomic E-state index is 5.61. The third-order valence-electron chi connectivity index (χ3n) is 4.12. The molecule has 0 saturated heterocycles. The molecule has 0 bridgehead atoms. The highest BCUT2D eigenvalue weighted by Gasteiger charge is 2.07. The van der Waals surface area contributed by atoms with Crippen LogP contribution < -0.4 is 10.6 Å². The summed E-state index contributed by atoms with van der Waals surface area (Å²) < 4.78 is 5.61. The third kappa shape index (κ3) is 5.92. The van der Waals surface area contributed by atoms with Crippen molar-refractivity contribution in [1.82, 2.24) is 20.6 Å². The molecule has 2 aromatic heterocycles. The second kappa shape index (κ2) is 10.0. The van der Waals surface area contributed by atoms with Gasteiger partial charge < -0.3 is 15.1 Å². The van der Waals surface area contributed by atoms with Gasteiger partial charge in [0.25, 0.3) is 0 Å². The molecule has 0 aliphatic carbocycles. The largest absolute Gasteiger partial charge is 0.444 e. The van der Waals surface area contributed by atoms with Gasteiger partial charge in [0, 0.05) is 36.1 Å². The molecule has 6 nitrogen and oxygen atoms in total. The SMILES string of the molecule is CCNC(=NCc1coc(-c2ccc(C)cc2)n1)NCCCc1nc(C)cs1. The van der Waals surface area contributed by atoms with Gasteiger partial charge in [0.15, 0.2) is 5.96 Å². The zero-order chi connectivity index (χ0) is 19.8. The number of thiazole rings is 1. The number of benzene rings is 1. The Balaban J connectivity index is 1.51. The number of nitrogens with one attached hydrogen (secondary N) is 2. The molecule has 0 aliphatic rings. The van der Waals surface area contributed by atoms with E-state index in [0.29, 0.717) is 12.4 Å². The van der Waals surface area contributed by atoms with Crippen LogP contribution in [0.25, 0.3) is 11.5 Å². The number of hydrogen-bond donors (Lipinski definition) is 2. The second-order valence-electron chi connectivity index (χ2n) is 6.62. The molecule has 2 heterocycles. The number of rotatable bonds is 8. The van der Waals surface area contributed by atoms with Crippen molar-refractivity contribution in [3.8, 4) is 11.5 Å². The molecule has 7 heteroatoms. The van der Waals surface area contributed by atoms with Gasteiger partial charge in [0.1, 0.15) is 12.0 Å². The molecule has 0 fully saturated rings.